The molecule has 4 aromatic carbocycles. The average Bonchev–Trinajstić information content (AvgIpc) is 2.97. The van der Waals surface area contributed by atoms with Crippen LogP contribution in [0.4, 0.5) is 10.1 Å². The Hall–Kier alpha value is -4.76. The third-order valence-corrected chi connectivity index (χ3v) is 7.11. The van der Waals surface area contributed by atoms with Crippen molar-refractivity contribution in [2.45, 2.75) is 13.3 Å². The van der Waals surface area contributed by atoms with E-state index in [1.165, 1.54) is 35.2 Å². The largest absolute Gasteiger partial charge is 0.457 e. The van der Waals surface area contributed by atoms with Crippen LogP contribution in [-0.2, 0) is 26.0 Å². The van der Waals surface area contributed by atoms with E-state index < -0.39 is 33.6 Å². The van der Waals surface area contributed by atoms with E-state index >= 15 is 0 Å². The Morgan fingerprint density at radius 1 is 0.878 bits per heavy atom. The molecule has 0 saturated carbocycles. The summed E-state index contributed by atoms with van der Waals surface area (Å²) < 4.78 is 46.7. The highest BCUT2D eigenvalue weighted by molar-refractivity contribution is 7.93. The van der Waals surface area contributed by atoms with Crippen LogP contribution in [0.2, 0.25) is 0 Å². The van der Waals surface area contributed by atoms with E-state index in [0.717, 1.165) is 5.41 Å². The van der Waals surface area contributed by atoms with Gasteiger partial charge in [0.15, 0.2) is 0 Å². The van der Waals surface area contributed by atoms with Gasteiger partial charge in [-0.1, -0.05) is 60.7 Å². The molecule has 1 atom stereocenters. The van der Waals surface area contributed by atoms with Crippen LogP contribution in [0.15, 0.2) is 115 Å². The Kier molecular flexibility index (Phi) is 9.65. The molecule has 1 unspecified atom stereocenters. The first kappa shape index (κ1) is 29.2. The number of rotatable bonds is 11. The fourth-order valence-corrected chi connectivity index (χ4v) is 4.97. The summed E-state index contributed by atoms with van der Waals surface area (Å²) in [5.41, 5.74) is 1.79. The van der Waals surface area contributed by atoms with Crippen LogP contribution in [0.3, 0.4) is 0 Å². The Balaban J connectivity index is 1.60. The molecule has 4 aromatic rings. The van der Waals surface area contributed by atoms with Gasteiger partial charge in [0.1, 0.15) is 23.2 Å². The summed E-state index contributed by atoms with van der Waals surface area (Å²) >= 11 is 0. The molecule has 0 fully saturated rings. The lowest BCUT2D eigenvalue weighted by molar-refractivity contribution is -0.132. The first-order valence-electron chi connectivity index (χ1n) is 12.9. The molecule has 1 N–H and O–H groups in total. The molecule has 9 heteroatoms. The Morgan fingerprint density at radius 3 is 2.20 bits per heavy atom. The summed E-state index contributed by atoms with van der Waals surface area (Å²) in [6.45, 7) is 2.04. The molecular weight excluding hydrogens is 543 g/mol. The second-order valence-electron chi connectivity index (χ2n) is 9.10. The molecule has 4 rings (SSSR count). The van der Waals surface area contributed by atoms with E-state index in [4.69, 9.17) is 4.74 Å². The number of para-hydroxylation sites is 1. The number of carbonyl (C=O) groups excluding carboxylic acids is 2. The van der Waals surface area contributed by atoms with E-state index in [1.54, 1.807) is 85.8 Å². The topological polar surface area (TPSA) is 92.8 Å². The minimum Gasteiger partial charge on any atom is -0.457 e. The smallest absolute Gasteiger partial charge is 0.257 e. The third kappa shape index (κ3) is 8.36. The summed E-state index contributed by atoms with van der Waals surface area (Å²) in [5.74, 6) is -2.45. The molecule has 0 aromatic heterocycles. The molecule has 0 heterocycles. The molecule has 2 amide bonds. The minimum atomic E-state index is -4.21. The predicted molar refractivity (Wildman–Crippen MR) is 157 cm³/mol. The summed E-state index contributed by atoms with van der Waals surface area (Å²) in [6, 6.07) is 29.9. The van der Waals surface area contributed by atoms with Crippen LogP contribution in [0.25, 0.3) is 6.08 Å². The maximum atomic E-state index is 13.8. The number of hydrogen-bond donors (Lipinski definition) is 1. The van der Waals surface area contributed by atoms with E-state index in [9.17, 15) is 22.4 Å². The van der Waals surface area contributed by atoms with Crippen molar-refractivity contribution in [2.24, 2.45) is 5.92 Å². The van der Waals surface area contributed by atoms with Gasteiger partial charge in [-0.15, -0.1) is 0 Å². The van der Waals surface area contributed by atoms with Crippen molar-refractivity contribution < 1.29 is 27.1 Å². The monoisotopic (exact) mass is 572 g/mol. The van der Waals surface area contributed by atoms with Crippen molar-refractivity contribution in [3.63, 3.8) is 0 Å². The zero-order valence-corrected chi connectivity index (χ0v) is 23.1. The van der Waals surface area contributed by atoms with Crippen molar-refractivity contribution in [3.05, 3.63) is 132 Å². The van der Waals surface area contributed by atoms with Crippen molar-refractivity contribution in [2.75, 3.05) is 11.4 Å². The van der Waals surface area contributed by atoms with Gasteiger partial charge in [-0.25, -0.2) is 17.5 Å². The summed E-state index contributed by atoms with van der Waals surface area (Å²) in [4.78, 5) is 28.7. The van der Waals surface area contributed by atoms with Crippen LogP contribution in [-0.4, -0.2) is 26.8 Å². The number of benzene rings is 4. The molecule has 210 valence electrons. The number of amides is 2. The number of halogens is 1. The van der Waals surface area contributed by atoms with Gasteiger partial charge in [0.05, 0.1) is 5.41 Å². The number of ether oxygens (including phenoxy) is 1. The maximum absolute atomic E-state index is 13.8. The highest BCUT2D eigenvalue weighted by atomic mass is 32.2. The van der Waals surface area contributed by atoms with Crippen LogP contribution in [0.5, 0.6) is 11.5 Å². The van der Waals surface area contributed by atoms with Gasteiger partial charge in [-0.3, -0.25) is 9.59 Å². The standard InChI is InChI=1S/C32H29FN2O5S/c1-2-35(27-13-7-4-8-14-27)32(37)30(31(36)34-41(38,39)21-20-24-10-5-3-6-11-24)23-25-12-9-15-29(22-25)40-28-18-16-26(33)17-19-28/h3-22,30H,2,23H2,1H3,(H,34,36)/b21-20+. The molecule has 0 aliphatic heterocycles. The lowest BCUT2D eigenvalue weighted by Crippen LogP contribution is -2.46. The number of anilines is 1. The lowest BCUT2D eigenvalue weighted by Gasteiger charge is -2.26. The zero-order chi connectivity index (χ0) is 29.2. The van der Waals surface area contributed by atoms with Crippen molar-refractivity contribution in [1.29, 1.82) is 0 Å². The zero-order valence-electron chi connectivity index (χ0n) is 22.3. The molecule has 0 aliphatic rings. The van der Waals surface area contributed by atoms with Crippen molar-refractivity contribution >= 4 is 33.6 Å². The van der Waals surface area contributed by atoms with Crippen LogP contribution in [0, 0.1) is 11.7 Å². The quantitative estimate of drug-likeness (QED) is 0.224. The van der Waals surface area contributed by atoms with Gasteiger partial charge >= 0.3 is 0 Å². The highest BCUT2D eigenvalue weighted by Crippen LogP contribution is 2.25. The van der Waals surface area contributed by atoms with E-state index in [0.29, 0.717) is 28.3 Å². The van der Waals surface area contributed by atoms with E-state index in [-0.39, 0.29) is 13.0 Å². The van der Waals surface area contributed by atoms with Crippen LogP contribution in [0.1, 0.15) is 18.1 Å². The Labute approximate surface area is 239 Å². The van der Waals surface area contributed by atoms with Crippen molar-refractivity contribution in [3.8, 4) is 11.5 Å². The van der Waals surface area contributed by atoms with Gasteiger partial charge in [0, 0.05) is 12.2 Å². The summed E-state index contributed by atoms with van der Waals surface area (Å²) in [5, 5.41) is 0.897. The average molecular weight is 573 g/mol. The number of hydrogen-bond acceptors (Lipinski definition) is 5. The SMILES string of the molecule is CCN(C(=O)C(Cc1cccc(Oc2ccc(F)cc2)c1)C(=O)NS(=O)(=O)/C=C/c1ccccc1)c1ccccc1. The molecule has 0 radical (unpaired) electrons. The molecular formula is C32H29FN2O5S. The second-order valence-corrected chi connectivity index (χ2v) is 10.7. The van der Waals surface area contributed by atoms with Gasteiger partial charge in [-0.2, -0.15) is 0 Å². The van der Waals surface area contributed by atoms with E-state index in [1.807, 2.05) is 6.07 Å². The molecule has 0 spiro atoms. The first-order chi connectivity index (χ1) is 19.7. The Morgan fingerprint density at radius 2 is 1.54 bits per heavy atom. The number of carbonyl (C=O) groups is 2. The van der Waals surface area contributed by atoms with Crippen LogP contribution < -0.4 is 14.4 Å². The summed E-state index contributed by atoms with van der Waals surface area (Å²) in [6.07, 6.45) is 1.28. The van der Waals surface area contributed by atoms with E-state index in [2.05, 4.69) is 4.72 Å². The molecule has 0 bridgehead atoms. The predicted octanol–water partition coefficient (Wildman–Crippen LogP) is 5.95. The second kappa shape index (κ2) is 13.5. The van der Waals surface area contributed by atoms with Gasteiger partial charge in [0.25, 0.3) is 10.0 Å². The normalized spacial score (nSPS) is 12.0. The third-order valence-electron chi connectivity index (χ3n) is 6.13. The molecule has 0 aliphatic carbocycles. The summed E-state index contributed by atoms with van der Waals surface area (Å²) in [7, 11) is -4.21. The molecule has 41 heavy (non-hydrogen) atoms. The number of sulfonamides is 1. The highest BCUT2D eigenvalue weighted by Gasteiger charge is 2.33. The molecule has 7 nitrogen and oxygen atoms in total. The fraction of sp³-hybridized carbons (Fsp3) is 0.125. The fourth-order valence-electron chi connectivity index (χ4n) is 4.14. The first-order valence-corrected chi connectivity index (χ1v) is 14.5. The van der Waals surface area contributed by atoms with Gasteiger partial charge in [0.2, 0.25) is 11.8 Å². The van der Waals surface area contributed by atoms with Gasteiger partial charge in [-0.05, 0) is 79.1 Å². The maximum Gasteiger partial charge on any atom is 0.257 e. The van der Waals surface area contributed by atoms with Gasteiger partial charge < -0.3 is 9.64 Å². The Bertz CT molecular complexity index is 1610. The van der Waals surface area contributed by atoms with Crippen molar-refractivity contribution in [1.82, 2.24) is 4.72 Å². The molecule has 0 saturated heterocycles. The number of nitrogens with one attached hydrogen (secondary N) is 1. The van der Waals surface area contributed by atoms with Crippen LogP contribution >= 0.6 is 0 Å². The number of nitrogens with zero attached hydrogens (tertiary/aromatic N) is 1. The minimum absolute atomic E-state index is 0.0907. The lowest BCUT2D eigenvalue weighted by atomic mass is 9.96.